The second-order valence-corrected chi connectivity index (χ2v) is 5.24. The van der Waals surface area contributed by atoms with Crippen LogP contribution in [0.25, 0.3) is 0 Å². The fraction of sp³-hybridized carbons (Fsp3) is 0.400. The number of hydrogen-bond donors (Lipinski definition) is 1. The number of halogens is 5. The molecule has 6 nitrogen and oxygen atoms in total. The Morgan fingerprint density at radius 1 is 1.23 bits per heavy atom. The van der Waals surface area contributed by atoms with Crippen molar-refractivity contribution < 1.29 is 26.7 Å². The van der Waals surface area contributed by atoms with Crippen molar-refractivity contribution in [1.82, 2.24) is 15.0 Å². The number of benzene rings is 1. The fourth-order valence-electron chi connectivity index (χ4n) is 1.70. The Labute approximate surface area is 146 Å². The lowest BCUT2D eigenvalue weighted by Gasteiger charge is -2.18. The summed E-state index contributed by atoms with van der Waals surface area (Å²) in [6, 6.07) is 4.81. The molecule has 0 bridgehead atoms. The molecule has 142 valence electrons. The Balaban J connectivity index is 2.27. The van der Waals surface area contributed by atoms with E-state index in [0.29, 0.717) is 12.2 Å². The average molecular weight is 377 g/mol. The first-order chi connectivity index (χ1) is 12.2. The number of anilines is 3. The Hall–Kier alpha value is -2.72. The normalized spacial score (nSPS) is 11.5. The maximum absolute atomic E-state index is 13.3. The van der Waals surface area contributed by atoms with E-state index in [1.165, 1.54) is 24.3 Å². The highest BCUT2D eigenvalue weighted by molar-refractivity contribution is 5.54. The van der Waals surface area contributed by atoms with Crippen molar-refractivity contribution in [1.29, 1.82) is 0 Å². The van der Waals surface area contributed by atoms with Gasteiger partial charge in [0.1, 0.15) is 5.82 Å². The van der Waals surface area contributed by atoms with Crippen molar-refractivity contribution in [3.8, 4) is 6.01 Å². The first-order valence-corrected chi connectivity index (χ1v) is 7.50. The van der Waals surface area contributed by atoms with Crippen LogP contribution in [0, 0.1) is 5.82 Å². The molecule has 2 rings (SSSR count). The number of aromatic nitrogens is 3. The van der Waals surface area contributed by atoms with Crippen LogP contribution < -0.4 is 15.0 Å². The van der Waals surface area contributed by atoms with Crippen molar-refractivity contribution in [3.05, 3.63) is 30.1 Å². The van der Waals surface area contributed by atoms with Gasteiger partial charge >= 0.3 is 18.4 Å². The standard InChI is InChI=1S/C15H16F5N5O/c1-3-25(2)13-22-12(21-10-6-4-5-9(16)7-10)23-14(24-13)26-8-15(19,20)11(17)18/h4-7,11H,3,8H2,1-2H3,(H,21,22,23,24). The zero-order valence-electron chi connectivity index (χ0n) is 13.9. The van der Waals surface area contributed by atoms with Crippen LogP contribution in [0.3, 0.4) is 0 Å². The first kappa shape index (κ1) is 19.6. The molecule has 26 heavy (non-hydrogen) atoms. The van der Waals surface area contributed by atoms with E-state index in [2.05, 4.69) is 25.0 Å². The van der Waals surface area contributed by atoms with Crippen molar-refractivity contribution in [2.75, 3.05) is 30.4 Å². The van der Waals surface area contributed by atoms with Gasteiger partial charge in [0.25, 0.3) is 0 Å². The molecule has 0 saturated heterocycles. The van der Waals surface area contributed by atoms with E-state index in [9.17, 15) is 22.0 Å². The minimum absolute atomic E-state index is 0.0665. The molecule has 11 heteroatoms. The smallest absolute Gasteiger partial charge is 0.340 e. The van der Waals surface area contributed by atoms with Crippen LogP contribution >= 0.6 is 0 Å². The van der Waals surface area contributed by atoms with E-state index in [-0.39, 0.29) is 11.9 Å². The molecule has 0 aliphatic rings. The lowest BCUT2D eigenvalue weighted by Crippen LogP contribution is -2.34. The lowest BCUT2D eigenvalue weighted by atomic mass is 10.3. The molecule has 1 N–H and O–H groups in total. The molecule has 0 aliphatic carbocycles. The minimum Gasteiger partial charge on any atom is -0.457 e. The molecule has 0 spiro atoms. The van der Waals surface area contributed by atoms with Gasteiger partial charge in [-0.1, -0.05) is 6.07 Å². The molecule has 0 amide bonds. The monoisotopic (exact) mass is 377 g/mol. The predicted octanol–water partition coefficient (Wildman–Crippen LogP) is 3.49. The second kappa shape index (κ2) is 8.11. The van der Waals surface area contributed by atoms with Crippen molar-refractivity contribution in [2.45, 2.75) is 19.3 Å². The van der Waals surface area contributed by atoms with Crippen molar-refractivity contribution >= 4 is 17.6 Å². The quantitative estimate of drug-likeness (QED) is 0.711. The number of hydrogen-bond acceptors (Lipinski definition) is 6. The number of alkyl halides is 4. The molecular weight excluding hydrogens is 361 g/mol. The third-order valence-corrected chi connectivity index (χ3v) is 3.21. The Morgan fingerprint density at radius 2 is 1.96 bits per heavy atom. The van der Waals surface area contributed by atoms with E-state index in [1.807, 2.05) is 0 Å². The van der Waals surface area contributed by atoms with Gasteiger partial charge in [-0.2, -0.15) is 23.7 Å². The molecule has 2 aromatic rings. The number of nitrogens with one attached hydrogen (secondary N) is 1. The Bertz CT molecular complexity index is 746. The molecule has 0 atom stereocenters. The molecule has 0 fully saturated rings. The third-order valence-electron chi connectivity index (χ3n) is 3.21. The highest BCUT2D eigenvalue weighted by atomic mass is 19.3. The summed E-state index contributed by atoms with van der Waals surface area (Å²) in [4.78, 5) is 13.2. The number of rotatable bonds is 8. The van der Waals surface area contributed by atoms with Gasteiger partial charge in [-0.15, -0.1) is 0 Å². The zero-order valence-corrected chi connectivity index (χ0v) is 13.9. The first-order valence-electron chi connectivity index (χ1n) is 7.50. The molecule has 0 saturated carbocycles. The van der Waals surface area contributed by atoms with Crippen LogP contribution in [0.1, 0.15) is 6.92 Å². The summed E-state index contributed by atoms with van der Waals surface area (Å²) < 4.78 is 68.5. The summed E-state index contributed by atoms with van der Waals surface area (Å²) >= 11 is 0. The molecule has 0 aliphatic heterocycles. The summed E-state index contributed by atoms with van der Waals surface area (Å²) in [6.07, 6.45) is -3.88. The summed E-state index contributed by atoms with van der Waals surface area (Å²) in [5, 5.41) is 2.68. The van der Waals surface area contributed by atoms with Crippen LogP contribution in [0.15, 0.2) is 24.3 Å². The van der Waals surface area contributed by atoms with Crippen LogP contribution in [-0.4, -0.2) is 47.5 Å². The lowest BCUT2D eigenvalue weighted by molar-refractivity contribution is -0.149. The summed E-state index contributed by atoms with van der Waals surface area (Å²) in [7, 11) is 1.62. The Morgan fingerprint density at radius 3 is 2.58 bits per heavy atom. The SMILES string of the molecule is CCN(C)c1nc(Nc2cccc(F)c2)nc(OCC(F)(F)C(F)F)n1. The third kappa shape index (κ3) is 5.14. The largest absolute Gasteiger partial charge is 0.457 e. The summed E-state index contributed by atoms with van der Waals surface area (Å²) in [6.45, 7) is 0.661. The van der Waals surface area contributed by atoms with Crippen molar-refractivity contribution in [2.24, 2.45) is 0 Å². The molecule has 0 unspecified atom stereocenters. The topological polar surface area (TPSA) is 63.2 Å². The average Bonchev–Trinajstić information content (AvgIpc) is 2.59. The van der Waals surface area contributed by atoms with Gasteiger partial charge in [-0.25, -0.2) is 13.2 Å². The van der Waals surface area contributed by atoms with Crippen LogP contribution in [-0.2, 0) is 0 Å². The number of ether oxygens (including phenoxy) is 1. The van der Waals surface area contributed by atoms with Gasteiger partial charge in [0.15, 0.2) is 6.61 Å². The zero-order chi connectivity index (χ0) is 19.3. The van der Waals surface area contributed by atoms with Crippen LogP contribution in [0.2, 0.25) is 0 Å². The van der Waals surface area contributed by atoms with Crippen molar-refractivity contribution in [3.63, 3.8) is 0 Å². The highest BCUT2D eigenvalue weighted by Gasteiger charge is 2.42. The van der Waals surface area contributed by atoms with Crippen LogP contribution in [0.5, 0.6) is 6.01 Å². The summed E-state index contributed by atoms with van der Waals surface area (Å²) in [5.41, 5.74) is 0.296. The fourth-order valence-corrected chi connectivity index (χ4v) is 1.70. The van der Waals surface area contributed by atoms with E-state index < -0.39 is 30.8 Å². The number of nitrogens with zero attached hydrogens (tertiary/aromatic N) is 4. The van der Waals surface area contributed by atoms with Gasteiger partial charge in [-0.05, 0) is 25.1 Å². The van der Waals surface area contributed by atoms with Gasteiger partial charge in [0.05, 0.1) is 0 Å². The molecule has 1 aromatic heterocycles. The van der Waals surface area contributed by atoms with E-state index >= 15 is 0 Å². The Kier molecular flexibility index (Phi) is 6.11. The molecule has 1 aromatic carbocycles. The molecule has 0 radical (unpaired) electrons. The van der Waals surface area contributed by atoms with E-state index in [4.69, 9.17) is 0 Å². The molecular formula is C15H16F5N5O. The minimum atomic E-state index is -4.35. The van der Waals surface area contributed by atoms with E-state index in [0.717, 1.165) is 0 Å². The highest BCUT2D eigenvalue weighted by Crippen LogP contribution is 2.24. The second-order valence-electron chi connectivity index (χ2n) is 5.24. The van der Waals surface area contributed by atoms with Crippen LogP contribution in [0.4, 0.5) is 39.5 Å². The van der Waals surface area contributed by atoms with Gasteiger partial charge in [0, 0.05) is 19.3 Å². The van der Waals surface area contributed by atoms with Gasteiger partial charge < -0.3 is 15.0 Å². The maximum Gasteiger partial charge on any atom is 0.340 e. The van der Waals surface area contributed by atoms with Gasteiger partial charge in [-0.3, -0.25) is 0 Å². The summed E-state index contributed by atoms with van der Waals surface area (Å²) in [5.74, 6) is -4.91. The predicted molar refractivity (Wildman–Crippen MR) is 84.9 cm³/mol. The molecule has 1 heterocycles. The van der Waals surface area contributed by atoms with E-state index in [1.54, 1.807) is 18.9 Å². The maximum atomic E-state index is 13.3. The van der Waals surface area contributed by atoms with Gasteiger partial charge in [0.2, 0.25) is 11.9 Å².